The average molecular weight is 204 g/mol. The van der Waals surface area contributed by atoms with E-state index in [-0.39, 0.29) is 5.91 Å². The lowest BCUT2D eigenvalue weighted by atomic mass is 9.95. The van der Waals surface area contributed by atoms with Crippen molar-refractivity contribution in [1.82, 2.24) is 0 Å². The predicted octanol–water partition coefficient (Wildman–Crippen LogP) is 1.63. The maximum Gasteiger partial charge on any atom is 0.228 e. The Kier molecular flexibility index (Phi) is 2.73. The predicted molar refractivity (Wildman–Crippen MR) is 60.9 cm³/mol. The molecule has 1 heterocycles. The van der Waals surface area contributed by atoms with Crippen molar-refractivity contribution < 1.29 is 4.79 Å². The highest BCUT2D eigenvalue weighted by Gasteiger charge is 2.18. The van der Waals surface area contributed by atoms with E-state index in [2.05, 4.69) is 24.4 Å². The Balaban J connectivity index is 2.23. The molecule has 15 heavy (non-hydrogen) atoms. The summed E-state index contributed by atoms with van der Waals surface area (Å²) >= 11 is 0. The molecule has 0 fully saturated rings. The SMILES string of the molecule is CC(CCN)c1ccc2c(c1)CC(=O)N2. The second-order valence-corrected chi connectivity index (χ2v) is 4.12. The van der Waals surface area contributed by atoms with Crippen LogP contribution in [0.1, 0.15) is 30.4 Å². The van der Waals surface area contributed by atoms with Crippen molar-refractivity contribution in [3.8, 4) is 0 Å². The summed E-state index contributed by atoms with van der Waals surface area (Å²) in [6.07, 6.45) is 1.50. The third kappa shape index (κ3) is 2.02. The van der Waals surface area contributed by atoms with Gasteiger partial charge in [0.15, 0.2) is 0 Å². The first-order chi connectivity index (χ1) is 7.20. The van der Waals surface area contributed by atoms with Crippen LogP contribution in [0, 0.1) is 0 Å². The molecule has 80 valence electrons. The molecule has 0 bridgehead atoms. The molecule has 1 aromatic carbocycles. The lowest BCUT2D eigenvalue weighted by Gasteiger charge is -2.11. The molecule has 1 aliphatic heterocycles. The van der Waals surface area contributed by atoms with Crippen molar-refractivity contribution in [1.29, 1.82) is 0 Å². The largest absolute Gasteiger partial charge is 0.330 e. The third-order valence-electron chi connectivity index (χ3n) is 2.92. The quantitative estimate of drug-likeness (QED) is 0.786. The standard InChI is InChI=1S/C12H16N2O/c1-8(4-5-13)9-2-3-11-10(6-9)7-12(15)14-11/h2-3,6,8H,4-5,7,13H2,1H3,(H,14,15). The van der Waals surface area contributed by atoms with Crippen molar-refractivity contribution in [2.24, 2.45) is 5.73 Å². The summed E-state index contributed by atoms with van der Waals surface area (Å²) in [4.78, 5) is 11.2. The first kappa shape index (κ1) is 10.2. The minimum absolute atomic E-state index is 0.0913. The van der Waals surface area contributed by atoms with Crippen LogP contribution in [0.3, 0.4) is 0 Å². The normalized spacial score (nSPS) is 16.0. The summed E-state index contributed by atoms with van der Waals surface area (Å²) in [6.45, 7) is 2.87. The molecule has 0 saturated heterocycles. The molecule has 1 aromatic rings. The van der Waals surface area contributed by atoms with Gasteiger partial charge in [-0.1, -0.05) is 19.1 Å². The Morgan fingerprint density at radius 3 is 3.07 bits per heavy atom. The van der Waals surface area contributed by atoms with Crippen molar-refractivity contribution in [2.75, 3.05) is 11.9 Å². The van der Waals surface area contributed by atoms with E-state index >= 15 is 0 Å². The third-order valence-corrected chi connectivity index (χ3v) is 2.92. The fourth-order valence-corrected chi connectivity index (χ4v) is 1.97. The van der Waals surface area contributed by atoms with Gasteiger partial charge in [0.25, 0.3) is 0 Å². The number of nitrogens with one attached hydrogen (secondary N) is 1. The molecule has 1 unspecified atom stereocenters. The molecule has 0 aromatic heterocycles. The number of rotatable bonds is 3. The summed E-state index contributed by atoms with van der Waals surface area (Å²) in [5.41, 5.74) is 8.88. The van der Waals surface area contributed by atoms with Crippen molar-refractivity contribution in [2.45, 2.75) is 25.7 Å². The number of hydrogen-bond donors (Lipinski definition) is 2. The van der Waals surface area contributed by atoms with Crippen LogP contribution in [0.4, 0.5) is 5.69 Å². The number of fused-ring (bicyclic) bond motifs is 1. The Morgan fingerprint density at radius 2 is 2.33 bits per heavy atom. The Morgan fingerprint density at radius 1 is 1.53 bits per heavy atom. The van der Waals surface area contributed by atoms with Gasteiger partial charge in [-0.15, -0.1) is 0 Å². The first-order valence-corrected chi connectivity index (χ1v) is 5.33. The zero-order valence-electron chi connectivity index (χ0n) is 8.92. The van der Waals surface area contributed by atoms with Gasteiger partial charge in [-0.25, -0.2) is 0 Å². The molecule has 0 saturated carbocycles. The number of anilines is 1. The second kappa shape index (κ2) is 4.03. The molecule has 3 heteroatoms. The van der Waals surface area contributed by atoms with E-state index in [1.165, 1.54) is 5.56 Å². The molecule has 3 nitrogen and oxygen atoms in total. The van der Waals surface area contributed by atoms with E-state index in [4.69, 9.17) is 5.73 Å². The minimum atomic E-state index is 0.0913. The van der Waals surface area contributed by atoms with Crippen LogP contribution in [0.2, 0.25) is 0 Å². The van der Waals surface area contributed by atoms with Crippen LogP contribution >= 0.6 is 0 Å². The minimum Gasteiger partial charge on any atom is -0.330 e. The van der Waals surface area contributed by atoms with E-state index < -0.39 is 0 Å². The Labute approximate surface area is 89.7 Å². The second-order valence-electron chi connectivity index (χ2n) is 4.12. The highest BCUT2D eigenvalue weighted by molar-refractivity contribution is 5.99. The van der Waals surface area contributed by atoms with Crippen LogP contribution in [0.25, 0.3) is 0 Å². The fraction of sp³-hybridized carbons (Fsp3) is 0.417. The lowest BCUT2D eigenvalue weighted by Crippen LogP contribution is -2.04. The summed E-state index contributed by atoms with van der Waals surface area (Å²) in [6, 6.07) is 6.18. The molecule has 1 atom stereocenters. The van der Waals surface area contributed by atoms with E-state index in [0.717, 1.165) is 17.7 Å². The van der Waals surface area contributed by atoms with E-state index in [1.54, 1.807) is 0 Å². The van der Waals surface area contributed by atoms with E-state index in [0.29, 0.717) is 18.9 Å². The molecular weight excluding hydrogens is 188 g/mol. The summed E-state index contributed by atoms with van der Waals surface area (Å²) in [5, 5.41) is 2.83. The van der Waals surface area contributed by atoms with Crippen LogP contribution in [0.5, 0.6) is 0 Å². The maximum atomic E-state index is 11.2. The smallest absolute Gasteiger partial charge is 0.228 e. The molecule has 0 spiro atoms. The number of carbonyl (C=O) groups excluding carboxylic acids is 1. The van der Waals surface area contributed by atoms with Gasteiger partial charge >= 0.3 is 0 Å². The zero-order valence-corrected chi connectivity index (χ0v) is 8.92. The highest BCUT2D eigenvalue weighted by Crippen LogP contribution is 2.28. The summed E-state index contributed by atoms with van der Waals surface area (Å²) < 4.78 is 0. The van der Waals surface area contributed by atoms with Crippen molar-refractivity contribution in [3.05, 3.63) is 29.3 Å². The van der Waals surface area contributed by atoms with Crippen molar-refractivity contribution >= 4 is 11.6 Å². The van der Waals surface area contributed by atoms with Crippen molar-refractivity contribution in [3.63, 3.8) is 0 Å². The van der Waals surface area contributed by atoms with Gasteiger partial charge in [0.1, 0.15) is 0 Å². The molecule has 1 amide bonds. The monoisotopic (exact) mass is 204 g/mol. The molecule has 1 aliphatic rings. The number of carbonyl (C=O) groups is 1. The molecule has 2 rings (SSSR count). The number of hydrogen-bond acceptors (Lipinski definition) is 2. The zero-order chi connectivity index (χ0) is 10.8. The van der Waals surface area contributed by atoms with Gasteiger partial charge < -0.3 is 11.1 Å². The van der Waals surface area contributed by atoms with E-state index in [1.807, 2.05) is 6.07 Å². The maximum absolute atomic E-state index is 11.2. The topological polar surface area (TPSA) is 55.1 Å². The highest BCUT2D eigenvalue weighted by atomic mass is 16.1. The van der Waals surface area contributed by atoms with Gasteiger partial charge in [0.05, 0.1) is 6.42 Å². The van der Waals surface area contributed by atoms with Crippen LogP contribution < -0.4 is 11.1 Å². The molecule has 0 radical (unpaired) electrons. The van der Waals surface area contributed by atoms with Crippen LogP contribution in [-0.4, -0.2) is 12.5 Å². The first-order valence-electron chi connectivity index (χ1n) is 5.33. The van der Waals surface area contributed by atoms with Crippen LogP contribution in [-0.2, 0) is 11.2 Å². The van der Waals surface area contributed by atoms with Gasteiger partial charge in [-0.3, -0.25) is 4.79 Å². The van der Waals surface area contributed by atoms with Gasteiger partial charge in [0.2, 0.25) is 5.91 Å². The molecule has 3 N–H and O–H groups in total. The van der Waals surface area contributed by atoms with Gasteiger partial charge in [0, 0.05) is 5.69 Å². The van der Waals surface area contributed by atoms with E-state index in [9.17, 15) is 4.79 Å². The number of nitrogens with two attached hydrogens (primary N) is 1. The molecule has 0 aliphatic carbocycles. The number of amides is 1. The van der Waals surface area contributed by atoms with Gasteiger partial charge in [-0.05, 0) is 36.1 Å². The Hall–Kier alpha value is -1.35. The fourth-order valence-electron chi connectivity index (χ4n) is 1.97. The van der Waals surface area contributed by atoms with Crippen LogP contribution in [0.15, 0.2) is 18.2 Å². The average Bonchev–Trinajstić information content (AvgIpc) is 2.57. The lowest BCUT2D eigenvalue weighted by molar-refractivity contribution is -0.115. The Bertz CT molecular complexity index is 387. The summed E-state index contributed by atoms with van der Waals surface area (Å²) in [7, 11) is 0. The molecular formula is C12H16N2O. The number of benzene rings is 1. The summed E-state index contributed by atoms with van der Waals surface area (Å²) in [5.74, 6) is 0.560. The van der Waals surface area contributed by atoms with Gasteiger partial charge in [-0.2, -0.15) is 0 Å².